The van der Waals surface area contributed by atoms with Crippen molar-refractivity contribution in [2.45, 2.75) is 36.6 Å². The molecule has 0 aliphatic heterocycles. The third-order valence-corrected chi connectivity index (χ3v) is 6.15. The van der Waals surface area contributed by atoms with Crippen molar-refractivity contribution in [2.24, 2.45) is 0 Å². The second-order valence-electron chi connectivity index (χ2n) is 5.06. The molecule has 0 saturated heterocycles. The number of hydrogen-bond acceptors (Lipinski definition) is 3. The maximum Gasteiger partial charge on any atom is 0.262 e. The fraction of sp³-hybridized carbons (Fsp3) is 0.462. The highest BCUT2D eigenvalue weighted by molar-refractivity contribution is 9.10. The third kappa shape index (κ3) is 3.57. The molecule has 1 aliphatic carbocycles. The number of amides is 1. The lowest BCUT2D eigenvalue weighted by Gasteiger charge is -2.25. The second-order valence-corrected chi connectivity index (χ2v) is 8.39. The lowest BCUT2D eigenvalue weighted by molar-refractivity contribution is 0.0733. The predicted molar refractivity (Wildman–Crippen MR) is 81.5 cm³/mol. The molecule has 0 N–H and O–H groups in total. The molecule has 0 radical (unpaired) electrons. The van der Waals surface area contributed by atoms with Crippen LogP contribution in [0.1, 0.15) is 36.0 Å². The lowest BCUT2D eigenvalue weighted by atomic mass is 10.1. The lowest BCUT2D eigenvalue weighted by Crippen LogP contribution is -2.35. The first-order valence-corrected chi connectivity index (χ1v) is 9.53. The quantitative estimate of drug-likeness (QED) is 0.732. The number of hydrogen-bond donors (Lipinski definition) is 0. The van der Waals surface area contributed by atoms with E-state index in [1.807, 2.05) is 0 Å². The Morgan fingerprint density at radius 3 is 2.48 bits per heavy atom. The number of nitrogens with zero attached hydrogens (tertiary/aromatic N) is 1. The minimum Gasteiger partial charge on any atom is -0.339 e. The van der Waals surface area contributed by atoms with Gasteiger partial charge >= 0.3 is 0 Å². The highest BCUT2D eigenvalue weighted by atomic mass is 79.9. The van der Waals surface area contributed by atoms with E-state index in [0.717, 1.165) is 37.8 Å². The van der Waals surface area contributed by atoms with Crippen molar-refractivity contribution in [2.75, 3.05) is 7.05 Å². The van der Waals surface area contributed by atoms with E-state index in [1.54, 1.807) is 7.05 Å². The van der Waals surface area contributed by atoms with Gasteiger partial charge in [-0.05, 0) is 40.9 Å². The Bertz CT molecular complexity index is 674. The first-order valence-electron chi connectivity index (χ1n) is 6.42. The van der Waals surface area contributed by atoms with Crippen LogP contribution in [0.25, 0.3) is 0 Å². The Balaban J connectivity index is 2.44. The number of benzene rings is 1. The number of halogens is 3. The van der Waals surface area contributed by atoms with E-state index in [-0.39, 0.29) is 16.1 Å². The van der Waals surface area contributed by atoms with Gasteiger partial charge in [0.1, 0.15) is 10.7 Å². The summed E-state index contributed by atoms with van der Waals surface area (Å²) in [5.74, 6) is -1.24. The van der Waals surface area contributed by atoms with Crippen molar-refractivity contribution < 1.29 is 17.6 Å². The highest BCUT2D eigenvalue weighted by Crippen LogP contribution is 2.32. The molecule has 1 aromatic rings. The normalized spacial score (nSPS) is 16.2. The second kappa shape index (κ2) is 6.22. The summed E-state index contributed by atoms with van der Waals surface area (Å²) in [5.41, 5.74) is -0.0383. The van der Waals surface area contributed by atoms with Gasteiger partial charge in [0.15, 0.2) is 0 Å². The molecule has 8 heteroatoms. The summed E-state index contributed by atoms with van der Waals surface area (Å²) in [4.78, 5) is 13.6. The van der Waals surface area contributed by atoms with Crippen LogP contribution in [0.5, 0.6) is 0 Å². The zero-order valence-electron chi connectivity index (χ0n) is 11.3. The van der Waals surface area contributed by atoms with Gasteiger partial charge in [0.05, 0.1) is 10.0 Å². The fourth-order valence-corrected chi connectivity index (χ4v) is 4.80. The van der Waals surface area contributed by atoms with E-state index in [1.165, 1.54) is 4.90 Å². The Labute approximate surface area is 135 Å². The predicted octanol–water partition coefficient (Wildman–Crippen LogP) is 3.53. The zero-order valence-corrected chi connectivity index (χ0v) is 14.4. The van der Waals surface area contributed by atoms with Gasteiger partial charge in [-0.3, -0.25) is 4.79 Å². The van der Waals surface area contributed by atoms with Crippen LogP contribution in [-0.2, 0) is 9.05 Å². The highest BCUT2D eigenvalue weighted by Gasteiger charge is 2.28. The summed E-state index contributed by atoms with van der Waals surface area (Å²) < 4.78 is 36.5. The fourth-order valence-electron chi connectivity index (χ4n) is 2.54. The van der Waals surface area contributed by atoms with Crippen LogP contribution in [0, 0.1) is 5.82 Å². The maximum absolute atomic E-state index is 13.6. The molecule has 0 atom stereocenters. The molecule has 0 aromatic heterocycles. The summed E-state index contributed by atoms with van der Waals surface area (Å²) in [6.07, 6.45) is 3.90. The first kappa shape index (κ1) is 16.7. The third-order valence-electron chi connectivity index (χ3n) is 3.69. The molecule has 0 bridgehead atoms. The molecule has 4 nitrogen and oxygen atoms in total. The van der Waals surface area contributed by atoms with Gasteiger partial charge in [0, 0.05) is 23.8 Å². The van der Waals surface area contributed by atoms with Crippen molar-refractivity contribution in [1.82, 2.24) is 4.90 Å². The van der Waals surface area contributed by atoms with Gasteiger partial charge in [0.2, 0.25) is 0 Å². The summed E-state index contributed by atoms with van der Waals surface area (Å²) in [6, 6.07) is 1.91. The molecular weight excluding hydrogens is 385 g/mol. The summed E-state index contributed by atoms with van der Waals surface area (Å²) in [5, 5.41) is 0. The summed E-state index contributed by atoms with van der Waals surface area (Å²) in [6.45, 7) is 0. The van der Waals surface area contributed by atoms with Gasteiger partial charge in [-0.1, -0.05) is 12.8 Å². The largest absolute Gasteiger partial charge is 0.339 e. The number of carbonyl (C=O) groups is 1. The Morgan fingerprint density at radius 1 is 1.38 bits per heavy atom. The van der Waals surface area contributed by atoms with Gasteiger partial charge in [-0.15, -0.1) is 0 Å². The van der Waals surface area contributed by atoms with Crippen LogP contribution < -0.4 is 0 Å². The van der Waals surface area contributed by atoms with Crippen molar-refractivity contribution in [3.05, 3.63) is 28.0 Å². The van der Waals surface area contributed by atoms with Gasteiger partial charge < -0.3 is 4.90 Å². The van der Waals surface area contributed by atoms with E-state index >= 15 is 0 Å². The van der Waals surface area contributed by atoms with Crippen LogP contribution in [0.15, 0.2) is 21.5 Å². The Kier molecular flexibility index (Phi) is 4.95. The average Bonchev–Trinajstić information content (AvgIpc) is 2.92. The molecule has 1 amide bonds. The Hall–Kier alpha value is -0.660. The van der Waals surface area contributed by atoms with E-state index in [9.17, 15) is 17.6 Å². The first-order chi connectivity index (χ1) is 9.71. The molecule has 1 saturated carbocycles. The van der Waals surface area contributed by atoms with Gasteiger partial charge in [-0.25, -0.2) is 12.8 Å². The minimum atomic E-state index is -4.14. The van der Waals surface area contributed by atoms with Crippen molar-refractivity contribution >= 4 is 41.6 Å². The van der Waals surface area contributed by atoms with E-state index in [0.29, 0.717) is 0 Å². The maximum atomic E-state index is 13.6. The smallest absolute Gasteiger partial charge is 0.262 e. The molecule has 1 aliphatic rings. The molecule has 0 unspecified atom stereocenters. The molecule has 21 heavy (non-hydrogen) atoms. The number of rotatable bonds is 3. The molecule has 116 valence electrons. The molecule has 1 aromatic carbocycles. The van der Waals surface area contributed by atoms with Gasteiger partial charge in [-0.2, -0.15) is 0 Å². The van der Waals surface area contributed by atoms with Crippen LogP contribution >= 0.6 is 26.6 Å². The number of carbonyl (C=O) groups excluding carboxylic acids is 1. The Morgan fingerprint density at radius 2 is 1.95 bits per heavy atom. The van der Waals surface area contributed by atoms with Crippen molar-refractivity contribution in [1.29, 1.82) is 0 Å². The van der Waals surface area contributed by atoms with E-state index in [2.05, 4.69) is 15.9 Å². The molecule has 2 rings (SSSR count). The minimum absolute atomic E-state index is 0.00579. The summed E-state index contributed by atoms with van der Waals surface area (Å²) >= 11 is 3.05. The standard InChI is InChI=1S/C13H14BrClFNO3S/c1-17(9-4-2-3-5-9)13(18)10-6-8(16)7-11(12(10)14)21(15,19)20/h6-7,9H,2-5H2,1H3. The van der Waals surface area contributed by atoms with Gasteiger partial charge in [0.25, 0.3) is 15.0 Å². The van der Waals surface area contributed by atoms with Crippen LogP contribution in [0.3, 0.4) is 0 Å². The average molecular weight is 399 g/mol. The molecule has 1 fully saturated rings. The van der Waals surface area contributed by atoms with Crippen LogP contribution in [0.2, 0.25) is 0 Å². The molecule has 0 spiro atoms. The van der Waals surface area contributed by atoms with E-state index < -0.39 is 25.7 Å². The zero-order chi connectivity index (χ0) is 15.8. The van der Waals surface area contributed by atoms with Crippen LogP contribution in [-0.4, -0.2) is 32.3 Å². The van der Waals surface area contributed by atoms with Crippen molar-refractivity contribution in [3.63, 3.8) is 0 Å². The SMILES string of the molecule is CN(C(=O)c1cc(F)cc(S(=O)(=O)Cl)c1Br)C1CCCC1. The monoisotopic (exact) mass is 397 g/mol. The summed E-state index contributed by atoms with van der Waals surface area (Å²) in [7, 11) is 2.77. The molecule has 0 heterocycles. The topological polar surface area (TPSA) is 54.5 Å². The molecular formula is C13H14BrClFNO3S. The van der Waals surface area contributed by atoms with E-state index in [4.69, 9.17) is 10.7 Å². The van der Waals surface area contributed by atoms with Crippen molar-refractivity contribution in [3.8, 4) is 0 Å². The van der Waals surface area contributed by atoms with Crippen LogP contribution in [0.4, 0.5) is 4.39 Å².